The fraction of sp³-hybridized carbons (Fsp3) is 0.429. The van der Waals surface area contributed by atoms with Gasteiger partial charge in [0, 0.05) is 45.6 Å². The smallest absolute Gasteiger partial charge is 0.241 e. The molecule has 1 aromatic carbocycles. The zero-order valence-corrected chi connectivity index (χ0v) is 15.7. The van der Waals surface area contributed by atoms with Crippen molar-refractivity contribution in [1.29, 1.82) is 0 Å². The van der Waals surface area contributed by atoms with Crippen LogP contribution in [0.5, 0.6) is 0 Å². The highest BCUT2D eigenvalue weighted by Gasteiger charge is 2.48. The second kappa shape index (κ2) is 7.93. The van der Waals surface area contributed by atoms with Crippen molar-refractivity contribution in [3.8, 4) is 0 Å². The van der Waals surface area contributed by atoms with E-state index in [0.29, 0.717) is 31.4 Å². The highest BCUT2D eigenvalue weighted by molar-refractivity contribution is 5.88. The van der Waals surface area contributed by atoms with Crippen molar-refractivity contribution in [1.82, 2.24) is 20.5 Å². The Kier molecular flexibility index (Phi) is 5.37. The predicted molar refractivity (Wildman–Crippen MR) is 102 cm³/mol. The molecule has 0 unspecified atom stereocenters. The number of halogens is 2. The lowest BCUT2D eigenvalue weighted by molar-refractivity contribution is -0.133. The van der Waals surface area contributed by atoms with Crippen molar-refractivity contribution in [2.24, 2.45) is 0 Å². The van der Waals surface area contributed by atoms with Crippen LogP contribution in [-0.4, -0.2) is 54.1 Å². The van der Waals surface area contributed by atoms with Crippen LogP contribution in [-0.2, 0) is 24.1 Å². The van der Waals surface area contributed by atoms with E-state index < -0.39 is 17.4 Å². The van der Waals surface area contributed by atoms with Crippen molar-refractivity contribution >= 4 is 5.91 Å². The summed E-state index contributed by atoms with van der Waals surface area (Å²) in [7, 11) is 0. The fourth-order valence-corrected chi connectivity index (χ4v) is 4.36. The maximum Gasteiger partial charge on any atom is 0.241 e. The molecule has 2 heterocycles. The average Bonchev–Trinajstić information content (AvgIpc) is 3.09. The van der Waals surface area contributed by atoms with Crippen LogP contribution >= 0.6 is 0 Å². The third kappa shape index (κ3) is 3.77. The molecule has 1 saturated heterocycles. The van der Waals surface area contributed by atoms with Gasteiger partial charge in [-0.05, 0) is 35.2 Å². The number of aromatic nitrogens is 1. The van der Waals surface area contributed by atoms with Crippen LogP contribution < -0.4 is 10.6 Å². The molecule has 1 fully saturated rings. The van der Waals surface area contributed by atoms with Gasteiger partial charge in [-0.3, -0.25) is 9.69 Å². The summed E-state index contributed by atoms with van der Waals surface area (Å²) in [6.07, 6.45) is 1.73. The summed E-state index contributed by atoms with van der Waals surface area (Å²) in [5.74, 6) is -1.70. The molecule has 2 aromatic rings. The summed E-state index contributed by atoms with van der Waals surface area (Å²) < 4.78 is 26.5. The summed E-state index contributed by atoms with van der Waals surface area (Å²) in [6, 6.07) is 10.6. The first-order valence-electron chi connectivity index (χ1n) is 9.70. The van der Waals surface area contributed by atoms with Gasteiger partial charge in [0.2, 0.25) is 17.8 Å². The molecule has 0 radical (unpaired) electrons. The number of hydrogen-bond donors (Lipinski definition) is 2. The fourth-order valence-electron chi connectivity index (χ4n) is 4.36. The molecular formula is C21H24F2N4O. The number of piperazine rings is 1. The number of amides is 1. The topological polar surface area (TPSA) is 57.3 Å². The molecule has 5 nitrogen and oxygen atoms in total. The number of pyridine rings is 1. The lowest BCUT2D eigenvalue weighted by Crippen LogP contribution is -2.64. The molecule has 2 aliphatic rings. The number of rotatable bonds is 5. The van der Waals surface area contributed by atoms with E-state index in [2.05, 4.69) is 32.7 Å². The first-order chi connectivity index (χ1) is 13.6. The van der Waals surface area contributed by atoms with Crippen molar-refractivity contribution in [3.05, 3.63) is 65.0 Å². The molecule has 0 spiro atoms. The molecule has 4 rings (SSSR count). The van der Waals surface area contributed by atoms with Crippen LogP contribution in [0, 0.1) is 11.9 Å². The van der Waals surface area contributed by atoms with Crippen LogP contribution in [0.1, 0.15) is 16.7 Å². The Morgan fingerprint density at radius 3 is 2.32 bits per heavy atom. The Hall–Kier alpha value is -2.38. The molecule has 1 aliphatic heterocycles. The number of nitrogens with one attached hydrogen (secondary N) is 2. The first-order valence-corrected chi connectivity index (χ1v) is 9.70. The van der Waals surface area contributed by atoms with Crippen molar-refractivity contribution < 1.29 is 13.6 Å². The van der Waals surface area contributed by atoms with E-state index in [0.717, 1.165) is 26.2 Å². The van der Waals surface area contributed by atoms with E-state index in [-0.39, 0.29) is 5.91 Å². The van der Waals surface area contributed by atoms with Gasteiger partial charge < -0.3 is 10.6 Å². The molecular weight excluding hydrogens is 362 g/mol. The lowest BCUT2D eigenvalue weighted by Gasteiger charge is -2.42. The van der Waals surface area contributed by atoms with Crippen molar-refractivity contribution in [2.75, 3.05) is 32.7 Å². The molecule has 1 aliphatic carbocycles. The highest BCUT2D eigenvalue weighted by atomic mass is 19.1. The normalized spacial score (nSPS) is 18.6. The second-order valence-electron chi connectivity index (χ2n) is 7.52. The number of benzene rings is 1. The largest absolute Gasteiger partial charge is 0.354 e. The minimum absolute atomic E-state index is 0.0133. The van der Waals surface area contributed by atoms with Gasteiger partial charge in [0.05, 0.1) is 0 Å². The summed E-state index contributed by atoms with van der Waals surface area (Å²) in [5.41, 5.74) is 2.32. The molecule has 1 amide bonds. The van der Waals surface area contributed by atoms with Gasteiger partial charge in [-0.25, -0.2) is 0 Å². The zero-order valence-electron chi connectivity index (χ0n) is 15.7. The minimum atomic E-state index is -0.843. The zero-order chi connectivity index (χ0) is 19.6. The molecule has 0 bridgehead atoms. The monoisotopic (exact) mass is 386 g/mol. The van der Waals surface area contributed by atoms with E-state index in [9.17, 15) is 13.6 Å². The summed E-state index contributed by atoms with van der Waals surface area (Å²) in [6.45, 7) is 3.69. The molecule has 28 heavy (non-hydrogen) atoms. The van der Waals surface area contributed by atoms with Gasteiger partial charge in [-0.2, -0.15) is 13.8 Å². The molecule has 7 heteroatoms. The number of carbonyl (C=O) groups excluding carboxylic acids is 1. The lowest BCUT2D eigenvalue weighted by atomic mass is 9.91. The number of carbonyl (C=O) groups is 1. The first kappa shape index (κ1) is 19.0. The van der Waals surface area contributed by atoms with Crippen LogP contribution in [0.25, 0.3) is 0 Å². The minimum Gasteiger partial charge on any atom is -0.354 e. The Morgan fingerprint density at radius 2 is 1.71 bits per heavy atom. The number of nitrogens with zero attached hydrogens (tertiary/aromatic N) is 2. The second-order valence-corrected chi connectivity index (χ2v) is 7.52. The number of hydrogen-bond acceptors (Lipinski definition) is 4. The van der Waals surface area contributed by atoms with E-state index in [1.807, 2.05) is 12.1 Å². The Morgan fingerprint density at radius 1 is 1.11 bits per heavy atom. The molecule has 1 aromatic heterocycles. The Bertz CT molecular complexity index is 822. The van der Waals surface area contributed by atoms with Gasteiger partial charge in [-0.1, -0.05) is 24.3 Å². The van der Waals surface area contributed by atoms with E-state index in [1.54, 1.807) is 0 Å². The van der Waals surface area contributed by atoms with Gasteiger partial charge in [0.15, 0.2) is 0 Å². The van der Waals surface area contributed by atoms with E-state index in [1.165, 1.54) is 23.3 Å². The standard InChI is InChI=1S/C21H24F2N4O/c22-18-11-15(12-19(23)26-18)5-6-25-20(28)21(27-9-7-24-8-10-27)13-16-3-1-2-4-17(16)14-21/h1-4,11-12,24H,5-10,13-14H2,(H,25,28). The maximum absolute atomic E-state index is 13.3. The SMILES string of the molecule is O=C(NCCc1cc(F)nc(F)c1)C1(N2CCNCC2)Cc2ccccc2C1. The molecule has 148 valence electrons. The van der Waals surface area contributed by atoms with Gasteiger partial charge in [0.1, 0.15) is 5.54 Å². The summed E-state index contributed by atoms with van der Waals surface area (Å²) in [5, 5.41) is 6.36. The summed E-state index contributed by atoms with van der Waals surface area (Å²) in [4.78, 5) is 18.7. The van der Waals surface area contributed by atoms with Gasteiger partial charge >= 0.3 is 0 Å². The van der Waals surface area contributed by atoms with E-state index >= 15 is 0 Å². The van der Waals surface area contributed by atoms with E-state index in [4.69, 9.17) is 0 Å². The molecule has 0 atom stereocenters. The predicted octanol–water partition coefficient (Wildman–Crippen LogP) is 1.46. The van der Waals surface area contributed by atoms with Crippen molar-refractivity contribution in [2.45, 2.75) is 24.8 Å². The van der Waals surface area contributed by atoms with Gasteiger partial charge in [-0.15, -0.1) is 0 Å². The van der Waals surface area contributed by atoms with Gasteiger partial charge in [0.25, 0.3) is 0 Å². The molecule has 2 N–H and O–H groups in total. The Balaban J connectivity index is 1.48. The van der Waals surface area contributed by atoms with Crippen LogP contribution in [0.2, 0.25) is 0 Å². The third-order valence-electron chi connectivity index (χ3n) is 5.75. The summed E-state index contributed by atoms with van der Waals surface area (Å²) >= 11 is 0. The average molecular weight is 386 g/mol. The van der Waals surface area contributed by atoms with Crippen LogP contribution in [0.15, 0.2) is 36.4 Å². The maximum atomic E-state index is 13.3. The Labute approximate surface area is 163 Å². The third-order valence-corrected chi connectivity index (χ3v) is 5.75. The number of fused-ring (bicyclic) bond motifs is 1. The van der Waals surface area contributed by atoms with Crippen LogP contribution in [0.4, 0.5) is 8.78 Å². The van der Waals surface area contributed by atoms with Crippen LogP contribution in [0.3, 0.4) is 0 Å². The van der Waals surface area contributed by atoms with Crippen molar-refractivity contribution in [3.63, 3.8) is 0 Å². The quantitative estimate of drug-likeness (QED) is 0.764. The highest BCUT2D eigenvalue weighted by Crippen LogP contribution is 2.35. The molecule has 0 saturated carbocycles.